The Morgan fingerprint density at radius 3 is 2.08 bits per heavy atom. The molecule has 1 aliphatic heterocycles. The summed E-state index contributed by atoms with van der Waals surface area (Å²) in [4.78, 5) is 14.1. The second-order valence-electron chi connectivity index (χ2n) is 6.65. The van der Waals surface area contributed by atoms with Crippen LogP contribution in [-0.4, -0.2) is 20.5 Å². The summed E-state index contributed by atoms with van der Waals surface area (Å²) in [5, 5.41) is 0. The fourth-order valence-electron chi connectivity index (χ4n) is 3.26. The molecule has 0 fully saturated rings. The molecule has 0 bridgehead atoms. The summed E-state index contributed by atoms with van der Waals surface area (Å²) in [7, 11) is -3.79. The van der Waals surface area contributed by atoms with Gasteiger partial charge in [-0.2, -0.15) is 0 Å². The molecule has 0 radical (unpaired) electrons. The third-order valence-electron chi connectivity index (χ3n) is 4.40. The van der Waals surface area contributed by atoms with Gasteiger partial charge in [0.2, 0.25) is 5.91 Å². The topological polar surface area (TPSA) is 57.7 Å². The van der Waals surface area contributed by atoms with Crippen molar-refractivity contribution in [2.75, 3.05) is 9.21 Å². The summed E-state index contributed by atoms with van der Waals surface area (Å²) in [6.45, 7) is 7.22. The van der Waals surface area contributed by atoms with Gasteiger partial charge in [-0.15, -0.1) is 0 Å². The fraction of sp³-hybridized carbons (Fsp3) is 0.316. The minimum Gasteiger partial charge on any atom is -0.288 e. The van der Waals surface area contributed by atoms with Gasteiger partial charge in [0.15, 0.2) is 0 Å². The summed E-state index contributed by atoms with van der Waals surface area (Å²) in [5.74, 6) is -0.246. The molecule has 1 amide bonds. The number of benzene rings is 2. The van der Waals surface area contributed by atoms with Crippen LogP contribution in [0.1, 0.15) is 26.3 Å². The van der Waals surface area contributed by atoms with Crippen molar-refractivity contribution >= 4 is 27.3 Å². The molecule has 1 heterocycles. The Kier molecular flexibility index (Phi) is 4.33. The van der Waals surface area contributed by atoms with Gasteiger partial charge in [-0.25, -0.2) is 12.7 Å². The molecular formula is C19H22N2O3S. The normalized spacial score (nSPS) is 17.1. The number of aryl methyl sites for hydroxylation is 1. The van der Waals surface area contributed by atoms with E-state index in [0.29, 0.717) is 11.4 Å². The molecule has 0 N–H and O–H groups in total. The van der Waals surface area contributed by atoms with Gasteiger partial charge in [0.1, 0.15) is 6.17 Å². The highest BCUT2D eigenvalue weighted by Gasteiger charge is 2.45. The molecule has 0 saturated carbocycles. The highest BCUT2D eigenvalue weighted by Crippen LogP contribution is 2.44. The highest BCUT2D eigenvalue weighted by atomic mass is 32.2. The van der Waals surface area contributed by atoms with Crippen LogP contribution in [0.2, 0.25) is 0 Å². The molecule has 0 saturated heterocycles. The van der Waals surface area contributed by atoms with E-state index in [1.54, 1.807) is 47.4 Å². The van der Waals surface area contributed by atoms with Crippen molar-refractivity contribution in [1.29, 1.82) is 0 Å². The zero-order chi connectivity index (χ0) is 18.4. The number of sulfonamides is 1. The van der Waals surface area contributed by atoms with Crippen LogP contribution in [0.4, 0.5) is 11.4 Å². The van der Waals surface area contributed by atoms with Crippen LogP contribution in [0.25, 0.3) is 0 Å². The van der Waals surface area contributed by atoms with Crippen molar-refractivity contribution < 1.29 is 13.2 Å². The Labute approximate surface area is 148 Å². The van der Waals surface area contributed by atoms with Gasteiger partial charge in [-0.1, -0.05) is 43.7 Å². The maximum absolute atomic E-state index is 13.4. The summed E-state index contributed by atoms with van der Waals surface area (Å²) >= 11 is 0. The third kappa shape index (κ3) is 2.80. The summed E-state index contributed by atoms with van der Waals surface area (Å²) in [6.07, 6.45) is -0.582. The van der Waals surface area contributed by atoms with Gasteiger partial charge in [-0.3, -0.25) is 9.69 Å². The van der Waals surface area contributed by atoms with E-state index in [1.807, 2.05) is 26.8 Å². The number of amides is 1. The maximum Gasteiger partial charge on any atom is 0.266 e. The quantitative estimate of drug-likeness (QED) is 0.843. The number of rotatable bonds is 3. The van der Waals surface area contributed by atoms with Crippen LogP contribution < -0.4 is 9.21 Å². The number of hydrogen-bond donors (Lipinski definition) is 0. The lowest BCUT2D eigenvalue weighted by atomic mass is 10.1. The van der Waals surface area contributed by atoms with E-state index >= 15 is 0 Å². The Morgan fingerprint density at radius 2 is 1.56 bits per heavy atom. The van der Waals surface area contributed by atoms with Gasteiger partial charge < -0.3 is 0 Å². The lowest BCUT2D eigenvalue weighted by molar-refractivity contribution is -0.117. The van der Waals surface area contributed by atoms with Crippen LogP contribution in [-0.2, 0) is 14.8 Å². The number of hydrogen-bond acceptors (Lipinski definition) is 3. The van der Waals surface area contributed by atoms with E-state index in [1.165, 1.54) is 11.2 Å². The van der Waals surface area contributed by atoms with Gasteiger partial charge in [0.25, 0.3) is 10.0 Å². The van der Waals surface area contributed by atoms with Crippen molar-refractivity contribution in [1.82, 2.24) is 0 Å². The Bertz CT molecular complexity index is 905. The molecule has 2 aromatic carbocycles. The van der Waals surface area contributed by atoms with Crippen LogP contribution in [0.5, 0.6) is 0 Å². The van der Waals surface area contributed by atoms with Crippen LogP contribution in [0.3, 0.4) is 0 Å². The number of nitrogens with zero attached hydrogens (tertiary/aromatic N) is 2. The SMILES string of the molecule is CC(=O)N1c2ccccc2N(S(=O)(=O)c2ccc(C)cc2)[C@H]1C(C)C. The van der Waals surface area contributed by atoms with Crippen molar-refractivity contribution in [3.8, 4) is 0 Å². The van der Waals surface area contributed by atoms with Gasteiger partial charge >= 0.3 is 0 Å². The molecular weight excluding hydrogens is 336 g/mol. The monoisotopic (exact) mass is 358 g/mol. The van der Waals surface area contributed by atoms with Crippen molar-refractivity contribution in [3.05, 3.63) is 54.1 Å². The molecule has 0 unspecified atom stereocenters. The van der Waals surface area contributed by atoms with E-state index in [9.17, 15) is 13.2 Å². The first-order valence-electron chi connectivity index (χ1n) is 8.25. The molecule has 0 aliphatic carbocycles. The minimum absolute atomic E-state index is 0.0727. The number of carbonyl (C=O) groups is 1. The van der Waals surface area contributed by atoms with Crippen LogP contribution in [0, 0.1) is 12.8 Å². The second-order valence-corrected chi connectivity index (χ2v) is 8.46. The average molecular weight is 358 g/mol. The number of fused-ring (bicyclic) bond motifs is 1. The zero-order valence-electron chi connectivity index (χ0n) is 14.8. The molecule has 5 nitrogen and oxygen atoms in total. The molecule has 132 valence electrons. The van der Waals surface area contributed by atoms with E-state index in [0.717, 1.165) is 5.56 Å². The predicted octanol–water partition coefficient (Wildman–Crippen LogP) is 3.54. The Balaban J connectivity index is 2.22. The first kappa shape index (κ1) is 17.5. The largest absolute Gasteiger partial charge is 0.288 e. The van der Waals surface area contributed by atoms with Crippen molar-refractivity contribution in [2.24, 2.45) is 5.92 Å². The summed E-state index contributed by atoms with van der Waals surface area (Å²) < 4.78 is 28.1. The average Bonchev–Trinajstić information content (AvgIpc) is 2.91. The summed E-state index contributed by atoms with van der Waals surface area (Å²) in [6, 6.07) is 13.9. The first-order valence-corrected chi connectivity index (χ1v) is 9.69. The van der Waals surface area contributed by atoms with E-state index in [2.05, 4.69) is 0 Å². The van der Waals surface area contributed by atoms with Gasteiger partial charge in [0, 0.05) is 6.92 Å². The Hall–Kier alpha value is -2.34. The molecule has 2 aromatic rings. The van der Waals surface area contributed by atoms with Gasteiger partial charge in [-0.05, 0) is 37.1 Å². The number of para-hydroxylation sites is 2. The lowest BCUT2D eigenvalue weighted by Gasteiger charge is -2.33. The fourth-order valence-corrected chi connectivity index (χ4v) is 5.01. The van der Waals surface area contributed by atoms with E-state index in [4.69, 9.17) is 0 Å². The highest BCUT2D eigenvalue weighted by molar-refractivity contribution is 7.93. The van der Waals surface area contributed by atoms with E-state index < -0.39 is 16.2 Å². The molecule has 1 atom stereocenters. The van der Waals surface area contributed by atoms with Crippen LogP contribution >= 0.6 is 0 Å². The van der Waals surface area contributed by atoms with Gasteiger partial charge in [0.05, 0.1) is 16.3 Å². The molecule has 3 rings (SSSR count). The molecule has 0 aromatic heterocycles. The van der Waals surface area contributed by atoms with Crippen molar-refractivity contribution in [2.45, 2.75) is 38.8 Å². The second kappa shape index (κ2) is 6.19. The minimum atomic E-state index is -3.79. The molecule has 0 spiro atoms. The zero-order valence-corrected chi connectivity index (χ0v) is 15.6. The lowest BCUT2D eigenvalue weighted by Crippen LogP contribution is -2.51. The number of carbonyl (C=O) groups excluding carboxylic acids is 1. The smallest absolute Gasteiger partial charge is 0.266 e. The third-order valence-corrected chi connectivity index (χ3v) is 6.20. The molecule has 25 heavy (non-hydrogen) atoms. The number of anilines is 2. The standard InChI is InChI=1S/C19H22N2O3S/c1-13(2)19-20(15(4)22)17-7-5-6-8-18(17)21(19)25(23,24)16-11-9-14(3)10-12-16/h5-13,19H,1-4H3/t19-/m0/s1. The first-order chi connectivity index (χ1) is 11.7. The van der Waals surface area contributed by atoms with Crippen molar-refractivity contribution in [3.63, 3.8) is 0 Å². The maximum atomic E-state index is 13.4. The molecule has 1 aliphatic rings. The Morgan fingerprint density at radius 1 is 1.00 bits per heavy atom. The van der Waals surface area contributed by atoms with Crippen LogP contribution in [0.15, 0.2) is 53.4 Å². The predicted molar refractivity (Wildman–Crippen MR) is 99.1 cm³/mol. The molecule has 6 heteroatoms. The summed E-state index contributed by atoms with van der Waals surface area (Å²) in [5.41, 5.74) is 2.16. The van der Waals surface area contributed by atoms with E-state index in [-0.39, 0.29) is 16.7 Å².